The van der Waals surface area contributed by atoms with Gasteiger partial charge in [-0.2, -0.15) is 0 Å². The average molecular weight is 156 g/mol. The Bertz CT molecular complexity index is 166. The van der Waals surface area contributed by atoms with Crippen LogP contribution in [0, 0.1) is 0 Å². The number of ether oxygens (including phenoxy) is 2. The Labute approximate surface area is 66.0 Å². The van der Waals surface area contributed by atoms with Crippen molar-refractivity contribution in [2.45, 2.75) is 19.8 Å². The molecule has 0 aliphatic heterocycles. The molecule has 0 heterocycles. The van der Waals surface area contributed by atoms with E-state index in [4.69, 9.17) is 4.74 Å². The second-order valence-corrected chi connectivity index (χ2v) is 2.36. The van der Waals surface area contributed by atoms with E-state index in [1.165, 1.54) is 5.57 Å². The quantitative estimate of drug-likeness (QED) is 0.462. The maximum atomic E-state index is 10.6. The number of carbonyl (C=O) groups excluding carboxylic acids is 1. The van der Waals surface area contributed by atoms with Gasteiger partial charge in [-0.3, -0.25) is 0 Å². The number of carbonyl (C=O) groups is 1. The Morgan fingerprint density at radius 3 is 2.82 bits per heavy atom. The maximum Gasteiger partial charge on any atom is 0.508 e. The van der Waals surface area contributed by atoms with Crippen molar-refractivity contribution in [3.05, 3.63) is 11.6 Å². The summed E-state index contributed by atoms with van der Waals surface area (Å²) < 4.78 is 9.25. The molecule has 0 N–H and O–H groups in total. The highest BCUT2D eigenvalue weighted by Crippen LogP contribution is 2.26. The molecule has 0 saturated heterocycles. The van der Waals surface area contributed by atoms with Crippen molar-refractivity contribution in [2.75, 3.05) is 13.2 Å². The molecule has 3 nitrogen and oxygen atoms in total. The third kappa shape index (κ3) is 3.65. The predicted molar refractivity (Wildman–Crippen MR) is 40.3 cm³/mol. The van der Waals surface area contributed by atoms with E-state index in [1.807, 2.05) is 6.08 Å². The van der Waals surface area contributed by atoms with Gasteiger partial charge in [0, 0.05) is 0 Å². The molecule has 11 heavy (non-hydrogen) atoms. The lowest BCUT2D eigenvalue weighted by atomic mass is 10.5. The van der Waals surface area contributed by atoms with Crippen molar-refractivity contribution in [3.8, 4) is 0 Å². The first kappa shape index (κ1) is 8.11. The first-order valence-electron chi connectivity index (χ1n) is 3.80. The van der Waals surface area contributed by atoms with Gasteiger partial charge in [0.15, 0.2) is 0 Å². The van der Waals surface area contributed by atoms with Gasteiger partial charge in [-0.05, 0) is 25.8 Å². The molecule has 0 aromatic carbocycles. The fourth-order valence-corrected chi connectivity index (χ4v) is 0.663. The summed E-state index contributed by atoms with van der Waals surface area (Å²) in [5.41, 5.74) is 1.37. The first-order chi connectivity index (χ1) is 5.33. The summed E-state index contributed by atoms with van der Waals surface area (Å²) in [5, 5.41) is 0. The summed E-state index contributed by atoms with van der Waals surface area (Å²) in [6.07, 6.45) is 3.67. The molecule has 62 valence electrons. The van der Waals surface area contributed by atoms with Gasteiger partial charge in [-0.1, -0.05) is 5.57 Å². The van der Waals surface area contributed by atoms with E-state index in [1.54, 1.807) is 6.92 Å². The monoisotopic (exact) mass is 156 g/mol. The van der Waals surface area contributed by atoms with Gasteiger partial charge in [0.2, 0.25) is 0 Å². The van der Waals surface area contributed by atoms with Crippen molar-refractivity contribution < 1.29 is 14.3 Å². The van der Waals surface area contributed by atoms with Crippen molar-refractivity contribution in [2.24, 2.45) is 0 Å². The van der Waals surface area contributed by atoms with Crippen LogP contribution in [0.1, 0.15) is 19.8 Å². The Kier molecular flexibility index (Phi) is 2.95. The van der Waals surface area contributed by atoms with Crippen LogP contribution in [0.3, 0.4) is 0 Å². The molecular formula is C8H12O3. The highest BCUT2D eigenvalue weighted by Gasteiger charge is 2.10. The molecule has 1 saturated carbocycles. The van der Waals surface area contributed by atoms with Gasteiger partial charge in [0.05, 0.1) is 6.61 Å². The van der Waals surface area contributed by atoms with Gasteiger partial charge in [0.25, 0.3) is 0 Å². The zero-order chi connectivity index (χ0) is 8.10. The molecule has 1 fully saturated rings. The summed E-state index contributed by atoms with van der Waals surface area (Å²) in [5.74, 6) is 0. The molecule has 0 unspecified atom stereocenters. The largest absolute Gasteiger partial charge is 0.508 e. The highest BCUT2D eigenvalue weighted by atomic mass is 16.7. The smallest absolute Gasteiger partial charge is 0.435 e. The molecule has 1 rings (SSSR count). The van der Waals surface area contributed by atoms with Crippen LogP contribution in [0.2, 0.25) is 0 Å². The standard InChI is InChI=1S/C8H12O3/c1-2-10-8(9)11-6-5-7-3-4-7/h5H,2-4,6H2,1H3. The molecule has 3 heteroatoms. The van der Waals surface area contributed by atoms with Crippen LogP contribution in [-0.2, 0) is 9.47 Å². The summed E-state index contributed by atoms with van der Waals surface area (Å²) in [4.78, 5) is 10.6. The number of rotatable bonds is 3. The summed E-state index contributed by atoms with van der Waals surface area (Å²) in [6.45, 7) is 2.48. The highest BCUT2D eigenvalue weighted by molar-refractivity contribution is 5.59. The minimum atomic E-state index is -0.579. The molecule has 0 bridgehead atoms. The fourth-order valence-electron chi connectivity index (χ4n) is 0.663. The maximum absolute atomic E-state index is 10.6. The van der Waals surface area contributed by atoms with Crippen LogP contribution in [0.15, 0.2) is 11.6 Å². The second-order valence-electron chi connectivity index (χ2n) is 2.36. The number of allylic oxidation sites excluding steroid dienone is 1. The molecule has 0 radical (unpaired) electrons. The Balaban J connectivity index is 2.01. The Hall–Kier alpha value is -0.990. The summed E-state index contributed by atoms with van der Waals surface area (Å²) in [6, 6.07) is 0. The van der Waals surface area contributed by atoms with Crippen LogP contribution in [0.25, 0.3) is 0 Å². The minimum absolute atomic E-state index is 0.355. The number of hydrogen-bond donors (Lipinski definition) is 0. The Morgan fingerprint density at radius 1 is 1.55 bits per heavy atom. The van der Waals surface area contributed by atoms with E-state index in [9.17, 15) is 4.79 Å². The van der Waals surface area contributed by atoms with Crippen LogP contribution >= 0.6 is 0 Å². The van der Waals surface area contributed by atoms with Crippen LogP contribution in [0.5, 0.6) is 0 Å². The summed E-state index contributed by atoms with van der Waals surface area (Å²) >= 11 is 0. The average Bonchev–Trinajstić information content (AvgIpc) is 2.72. The van der Waals surface area contributed by atoms with Gasteiger partial charge >= 0.3 is 6.16 Å². The lowest BCUT2D eigenvalue weighted by molar-refractivity contribution is 0.0673. The molecule has 1 aliphatic carbocycles. The molecule has 1 aliphatic rings. The predicted octanol–water partition coefficient (Wildman–Crippen LogP) is 1.88. The zero-order valence-electron chi connectivity index (χ0n) is 6.63. The van der Waals surface area contributed by atoms with Gasteiger partial charge in [-0.25, -0.2) is 4.79 Å². The van der Waals surface area contributed by atoms with Crippen LogP contribution in [-0.4, -0.2) is 19.4 Å². The molecular weight excluding hydrogens is 144 g/mol. The summed E-state index contributed by atoms with van der Waals surface area (Å²) in [7, 11) is 0. The molecule has 0 aromatic heterocycles. The van der Waals surface area contributed by atoms with Crippen molar-refractivity contribution in [1.82, 2.24) is 0 Å². The number of hydrogen-bond acceptors (Lipinski definition) is 3. The molecule has 0 spiro atoms. The van der Waals surface area contributed by atoms with Crippen molar-refractivity contribution in [3.63, 3.8) is 0 Å². The van der Waals surface area contributed by atoms with Gasteiger partial charge < -0.3 is 9.47 Å². The lowest BCUT2D eigenvalue weighted by Gasteiger charge is -1.99. The first-order valence-corrected chi connectivity index (χ1v) is 3.80. The van der Waals surface area contributed by atoms with E-state index in [-0.39, 0.29) is 0 Å². The lowest BCUT2D eigenvalue weighted by Crippen LogP contribution is -2.06. The van der Waals surface area contributed by atoms with E-state index < -0.39 is 6.16 Å². The van der Waals surface area contributed by atoms with Gasteiger partial charge in [0.1, 0.15) is 6.61 Å². The van der Waals surface area contributed by atoms with Crippen molar-refractivity contribution >= 4 is 6.16 Å². The van der Waals surface area contributed by atoms with Crippen LogP contribution in [0.4, 0.5) is 4.79 Å². The van der Waals surface area contributed by atoms with E-state index in [2.05, 4.69) is 4.74 Å². The van der Waals surface area contributed by atoms with E-state index in [0.29, 0.717) is 13.2 Å². The molecule has 0 amide bonds. The minimum Gasteiger partial charge on any atom is -0.435 e. The Morgan fingerprint density at radius 2 is 2.27 bits per heavy atom. The van der Waals surface area contributed by atoms with Gasteiger partial charge in [-0.15, -0.1) is 0 Å². The molecule has 0 aromatic rings. The van der Waals surface area contributed by atoms with E-state index in [0.717, 1.165) is 12.8 Å². The molecule has 0 atom stereocenters. The van der Waals surface area contributed by atoms with Crippen molar-refractivity contribution in [1.29, 1.82) is 0 Å². The SMILES string of the molecule is CCOC(=O)OCC=C1CC1. The topological polar surface area (TPSA) is 35.5 Å². The second kappa shape index (κ2) is 4.01. The van der Waals surface area contributed by atoms with Crippen LogP contribution < -0.4 is 0 Å². The third-order valence-corrected chi connectivity index (χ3v) is 1.37. The normalized spacial score (nSPS) is 14.1. The zero-order valence-corrected chi connectivity index (χ0v) is 6.63. The fraction of sp³-hybridized carbons (Fsp3) is 0.625. The van der Waals surface area contributed by atoms with E-state index >= 15 is 0 Å². The third-order valence-electron chi connectivity index (χ3n) is 1.37.